The second-order valence-corrected chi connectivity index (χ2v) is 10.8. The van der Waals surface area contributed by atoms with Crippen LogP contribution in [0.4, 0.5) is 0 Å². The number of hydrazine groups is 1. The summed E-state index contributed by atoms with van der Waals surface area (Å²) in [6.45, 7) is 4.99. The van der Waals surface area contributed by atoms with E-state index in [-0.39, 0.29) is 25.7 Å². The molecule has 9 nitrogen and oxygen atoms in total. The highest BCUT2D eigenvalue weighted by Crippen LogP contribution is 2.43. The van der Waals surface area contributed by atoms with Crippen molar-refractivity contribution < 1.29 is 28.8 Å². The quantitative estimate of drug-likeness (QED) is 0.105. The molecule has 2 atom stereocenters. The molecular weight excluding hydrogens is 570 g/mol. The molecule has 9 heteroatoms. The van der Waals surface area contributed by atoms with Crippen LogP contribution in [-0.2, 0) is 16.1 Å². The third kappa shape index (κ3) is 6.55. The summed E-state index contributed by atoms with van der Waals surface area (Å²) in [5.41, 5.74) is 9.19. The molecule has 0 saturated carbocycles. The molecule has 2 heterocycles. The summed E-state index contributed by atoms with van der Waals surface area (Å²) in [7, 11) is 0. The normalized spacial score (nSPS) is 18.2. The maximum atomic E-state index is 14.1. The fourth-order valence-corrected chi connectivity index (χ4v) is 5.40. The standard InChI is InChI=1S/C36H35N3O6/c1-2-19-36(35(41)39-37-23-25-9-18-31-32(22-25)44-24-43-31)33(28-12-10-27(11-13-28)26-7-4-3-5-8-26)45-34(38-36)29-14-16-30(17-15-29)42-21-6-20-40/h2-5,7-18,22,33,37,40H,1,6,19-21,23-24H2,(H,39,41)/t33-,36-/m0/s1. The number of aliphatic imine (C=N–C) groups is 1. The molecule has 4 aromatic carbocycles. The highest BCUT2D eigenvalue weighted by atomic mass is 16.7. The Morgan fingerprint density at radius 1 is 0.956 bits per heavy atom. The number of ether oxygens (including phenoxy) is 4. The number of fused-ring (bicyclic) bond motifs is 1. The largest absolute Gasteiger partial charge is 0.494 e. The Bertz CT molecular complexity index is 1660. The van der Waals surface area contributed by atoms with Crippen LogP contribution < -0.4 is 25.1 Å². The van der Waals surface area contributed by atoms with E-state index in [0.29, 0.717) is 48.3 Å². The van der Waals surface area contributed by atoms with Gasteiger partial charge in [0.25, 0.3) is 5.91 Å². The van der Waals surface area contributed by atoms with E-state index in [0.717, 1.165) is 22.3 Å². The number of carbonyl (C=O) groups excluding carboxylic acids is 1. The number of hydrogen-bond donors (Lipinski definition) is 3. The second kappa shape index (κ2) is 13.7. The summed E-state index contributed by atoms with van der Waals surface area (Å²) in [4.78, 5) is 19.0. The zero-order chi connectivity index (χ0) is 31.1. The third-order valence-electron chi connectivity index (χ3n) is 7.74. The van der Waals surface area contributed by atoms with Gasteiger partial charge in [-0.05, 0) is 58.7 Å². The van der Waals surface area contributed by atoms with Crippen LogP contribution in [0, 0.1) is 0 Å². The van der Waals surface area contributed by atoms with E-state index in [9.17, 15) is 4.79 Å². The first-order chi connectivity index (χ1) is 22.1. The first-order valence-corrected chi connectivity index (χ1v) is 14.9. The minimum Gasteiger partial charge on any atom is -0.494 e. The molecule has 0 spiro atoms. The zero-order valence-electron chi connectivity index (χ0n) is 24.8. The van der Waals surface area contributed by atoms with Crippen molar-refractivity contribution in [3.05, 3.63) is 126 Å². The molecular formula is C36H35N3O6. The molecule has 0 unspecified atom stereocenters. The Labute approximate surface area is 262 Å². The molecule has 0 fully saturated rings. The van der Waals surface area contributed by atoms with Gasteiger partial charge in [-0.15, -0.1) is 6.58 Å². The first-order valence-electron chi connectivity index (χ1n) is 14.9. The lowest BCUT2D eigenvalue weighted by Gasteiger charge is -2.29. The van der Waals surface area contributed by atoms with E-state index in [2.05, 4.69) is 29.6 Å². The Morgan fingerprint density at radius 3 is 2.44 bits per heavy atom. The summed E-state index contributed by atoms with van der Waals surface area (Å²) in [6.07, 6.45) is 1.76. The number of aliphatic hydroxyl groups is 1. The van der Waals surface area contributed by atoms with E-state index in [1.165, 1.54) is 0 Å². The fraction of sp³-hybridized carbons (Fsp3) is 0.222. The van der Waals surface area contributed by atoms with E-state index >= 15 is 0 Å². The van der Waals surface area contributed by atoms with Crippen molar-refractivity contribution in [1.29, 1.82) is 0 Å². The lowest BCUT2D eigenvalue weighted by molar-refractivity contribution is -0.129. The molecule has 45 heavy (non-hydrogen) atoms. The van der Waals surface area contributed by atoms with Crippen LogP contribution in [0.15, 0.2) is 115 Å². The summed E-state index contributed by atoms with van der Waals surface area (Å²) < 4.78 is 23.1. The number of hydrogen-bond acceptors (Lipinski definition) is 8. The SMILES string of the molecule is C=CC[C@]1(C(=O)NNCc2ccc3c(c2)OCO3)N=C(c2ccc(OCCCO)cc2)O[C@H]1c1ccc(-c2ccccc2)cc1. The van der Waals surface area contributed by atoms with Crippen LogP contribution in [0.1, 0.15) is 35.6 Å². The summed E-state index contributed by atoms with van der Waals surface area (Å²) in [6, 6.07) is 31.1. The molecule has 4 aromatic rings. The van der Waals surface area contributed by atoms with Gasteiger partial charge in [-0.3, -0.25) is 10.2 Å². The second-order valence-electron chi connectivity index (χ2n) is 10.8. The molecule has 1 amide bonds. The minimum atomic E-state index is -1.33. The number of amides is 1. The van der Waals surface area contributed by atoms with Crippen LogP contribution in [0.5, 0.6) is 17.2 Å². The van der Waals surface area contributed by atoms with Crippen molar-refractivity contribution in [2.24, 2.45) is 4.99 Å². The first kappa shape index (κ1) is 29.9. The van der Waals surface area contributed by atoms with Crippen molar-refractivity contribution >= 4 is 11.8 Å². The molecule has 230 valence electrons. The van der Waals surface area contributed by atoms with Gasteiger partial charge >= 0.3 is 0 Å². The monoisotopic (exact) mass is 605 g/mol. The van der Waals surface area contributed by atoms with Gasteiger partial charge in [0.1, 0.15) is 5.75 Å². The van der Waals surface area contributed by atoms with E-state index in [4.69, 9.17) is 29.0 Å². The number of rotatable bonds is 13. The van der Waals surface area contributed by atoms with E-state index < -0.39 is 11.6 Å². The zero-order valence-corrected chi connectivity index (χ0v) is 24.8. The summed E-state index contributed by atoms with van der Waals surface area (Å²) >= 11 is 0. The Kier molecular flexibility index (Phi) is 9.09. The number of carbonyl (C=O) groups is 1. The van der Waals surface area contributed by atoms with Crippen molar-refractivity contribution in [2.75, 3.05) is 20.0 Å². The molecule has 0 radical (unpaired) electrons. The fourth-order valence-electron chi connectivity index (χ4n) is 5.40. The minimum absolute atomic E-state index is 0.0649. The molecule has 0 saturated heterocycles. The summed E-state index contributed by atoms with van der Waals surface area (Å²) in [5, 5.41) is 9.04. The average molecular weight is 606 g/mol. The highest BCUT2D eigenvalue weighted by molar-refractivity contribution is 6.01. The maximum Gasteiger partial charge on any atom is 0.266 e. The number of nitrogens with one attached hydrogen (secondary N) is 2. The van der Waals surface area contributed by atoms with Gasteiger partial charge in [0, 0.05) is 31.6 Å². The van der Waals surface area contributed by atoms with Crippen LogP contribution >= 0.6 is 0 Å². The predicted molar refractivity (Wildman–Crippen MR) is 171 cm³/mol. The van der Waals surface area contributed by atoms with Gasteiger partial charge in [-0.2, -0.15) is 0 Å². The van der Waals surface area contributed by atoms with Gasteiger partial charge < -0.3 is 24.1 Å². The van der Waals surface area contributed by atoms with Gasteiger partial charge in [-0.1, -0.05) is 66.7 Å². The molecule has 0 aliphatic carbocycles. The number of benzene rings is 4. The maximum absolute atomic E-state index is 14.1. The Hall–Kier alpha value is -5.12. The molecule has 3 N–H and O–H groups in total. The van der Waals surface area contributed by atoms with Gasteiger partial charge in [0.05, 0.1) is 6.61 Å². The van der Waals surface area contributed by atoms with Crippen molar-refractivity contribution in [3.8, 4) is 28.4 Å². The van der Waals surface area contributed by atoms with Crippen molar-refractivity contribution in [1.82, 2.24) is 10.9 Å². The van der Waals surface area contributed by atoms with Crippen LogP contribution in [0.25, 0.3) is 11.1 Å². The molecule has 2 aliphatic heterocycles. The van der Waals surface area contributed by atoms with E-state index in [1.54, 1.807) is 6.08 Å². The lowest BCUT2D eigenvalue weighted by Crippen LogP contribution is -2.52. The summed E-state index contributed by atoms with van der Waals surface area (Å²) in [5.74, 6) is 2.04. The molecule has 6 rings (SSSR count). The van der Waals surface area contributed by atoms with Gasteiger partial charge in [0.15, 0.2) is 23.1 Å². The van der Waals surface area contributed by atoms with Crippen LogP contribution in [0.3, 0.4) is 0 Å². The molecule has 0 bridgehead atoms. The average Bonchev–Trinajstić information content (AvgIpc) is 3.71. The Morgan fingerprint density at radius 2 is 1.69 bits per heavy atom. The lowest BCUT2D eigenvalue weighted by atomic mass is 9.84. The van der Waals surface area contributed by atoms with Crippen LogP contribution in [-0.4, -0.2) is 42.5 Å². The third-order valence-corrected chi connectivity index (χ3v) is 7.74. The molecule has 0 aromatic heterocycles. The van der Waals surface area contributed by atoms with E-state index in [1.807, 2.05) is 84.9 Å². The van der Waals surface area contributed by atoms with Gasteiger partial charge in [-0.25, -0.2) is 10.4 Å². The topological polar surface area (TPSA) is 111 Å². The number of aliphatic hydroxyl groups excluding tert-OH is 1. The number of nitrogens with zero attached hydrogens (tertiary/aromatic N) is 1. The van der Waals surface area contributed by atoms with Crippen LogP contribution in [0.2, 0.25) is 0 Å². The van der Waals surface area contributed by atoms with Crippen molar-refractivity contribution in [2.45, 2.75) is 31.0 Å². The van der Waals surface area contributed by atoms with Crippen molar-refractivity contribution in [3.63, 3.8) is 0 Å². The van der Waals surface area contributed by atoms with Gasteiger partial charge in [0.2, 0.25) is 12.7 Å². The Balaban J connectivity index is 1.27. The smallest absolute Gasteiger partial charge is 0.266 e. The molecule has 2 aliphatic rings. The highest BCUT2D eigenvalue weighted by Gasteiger charge is 2.52. The predicted octanol–water partition coefficient (Wildman–Crippen LogP) is 5.50.